The van der Waals surface area contributed by atoms with Gasteiger partial charge in [0.05, 0.1) is 5.92 Å². The molecule has 1 amide bonds. The van der Waals surface area contributed by atoms with Gasteiger partial charge in [0, 0.05) is 24.7 Å². The average Bonchev–Trinajstić information content (AvgIpc) is 2.94. The van der Waals surface area contributed by atoms with Crippen molar-refractivity contribution in [1.82, 2.24) is 4.90 Å². The summed E-state index contributed by atoms with van der Waals surface area (Å²) in [4.78, 5) is 13.5. The molecule has 1 saturated carbocycles. The number of nitrogens with zero attached hydrogens (tertiary/aromatic N) is 1. The van der Waals surface area contributed by atoms with E-state index in [9.17, 15) is 4.79 Å². The second-order valence-corrected chi connectivity index (χ2v) is 4.77. The number of amides is 1. The zero-order valence-corrected chi connectivity index (χ0v) is 9.95. The highest BCUT2D eigenvalue weighted by Crippen LogP contribution is 2.30. The largest absolute Gasteiger partial charge is 0.341 e. The zero-order valence-electron chi connectivity index (χ0n) is 9.19. The lowest BCUT2D eigenvalue weighted by molar-refractivity contribution is -0.131. The van der Waals surface area contributed by atoms with Crippen LogP contribution in [0.25, 0.3) is 0 Å². The van der Waals surface area contributed by atoms with Gasteiger partial charge in [-0.05, 0) is 24.1 Å². The molecule has 0 saturated heterocycles. The molecular weight excluding hydrogens is 224 g/mol. The normalized spacial score (nSPS) is 22.9. The van der Waals surface area contributed by atoms with Crippen LogP contribution in [0, 0.1) is 5.92 Å². The summed E-state index contributed by atoms with van der Waals surface area (Å²) in [5, 5.41) is 0.696. The number of rotatable bonds is 3. The van der Waals surface area contributed by atoms with Gasteiger partial charge in [0.15, 0.2) is 0 Å². The predicted molar refractivity (Wildman–Crippen MR) is 64.0 cm³/mol. The van der Waals surface area contributed by atoms with E-state index in [2.05, 4.69) is 0 Å². The van der Waals surface area contributed by atoms with Crippen molar-refractivity contribution in [2.45, 2.75) is 19.0 Å². The van der Waals surface area contributed by atoms with Gasteiger partial charge in [-0.1, -0.05) is 23.7 Å². The molecule has 0 heterocycles. The van der Waals surface area contributed by atoms with Crippen LogP contribution in [0.15, 0.2) is 24.3 Å². The maximum Gasteiger partial charge on any atom is 0.227 e. The van der Waals surface area contributed by atoms with Crippen LogP contribution in [0.4, 0.5) is 0 Å². The molecule has 2 rings (SSSR count). The number of nitrogens with two attached hydrogens (primary N) is 1. The molecule has 1 aliphatic carbocycles. The summed E-state index contributed by atoms with van der Waals surface area (Å²) >= 11 is 5.88. The van der Waals surface area contributed by atoms with Crippen LogP contribution in [0.5, 0.6) is 0 Å². The molecule has 1 aliphatic rings. The topological polar surface area (TPSA) is 46.3 Å². The van der Waals surface area contributed by atoms with E-state index in [1.165, 1.54) is 0 Å². The van der Waals surface area contributed by atoms with Gasteiger partial charge in [0.25, 0.3) is 0 Å². The average molecular weight is 239 g/mol. The molecule has 1 aromatic rings. The van der Waals surface area contributed by atoms with Crippen LogP contribution in [0.1, 0.15) is 12.0 Å². The lowest BCUT2D eigenvalue weighted by Crippen LogP contribution is -2.29. The van der Waals surface area contributed by atoms with Gasteiger partial charge in [-0.25, -0.2) is 0 Å². The maximum atomic E-state index is 11.8. The summed E-state index contributed by atoms with van der Waals surface area (Å²) < 4.78 is 0. The summed E-state index contributed by atoms with van der Waals surface area (Å²) in [6.07, 6.45) is 0.818. The Labute approximate surface area is 100 Å². The molecule has 4 heteroatoms. The molecule has 3 nitrogen and oxygen atoms in total. The Kier molecular flexibility index (Phi) is 3.17. The van der Waals surface area contributed by atoms with Gasteiger partial charge in [-0.3, -0.25) is 4.79 Å². The van der Waals surface area contributed by atoms with E-state index < -0.39 is 0 Å². The molecule has 0 aromatic heterocycles. The van der Waals surface area contributed by atoms with Crippen LogP contribution >= 0.6 is 11.6 Å². The van der Waals surface area contributed by atoms with Crippen molar-refractivity contribution in [2.24, 2.45) is 11.7 Å². The number of hydrogen-bond donors (Lipinski definition) is 1. The molecule has 0 radical (unpaired) electrons. The first-order valence-corrected chi connectivity index (χ1v) is 5.70. The predicted octanol–water partition coefficient (Wildman–Crippen LogP) is 1.65. The van der Waals surface area contributed by atoms with Crippen LogP contribution in [0.2, 0.25) is 5.02 Å². The van der Waals surface area contributed by atoms with E-state index in [1.807, 2.05) is 24.3 Å². The Bertz CT molecular complexity index is 408. The van der Waals surface area contributed by atoms with Crippen molar-refractivity contribution in [3.63, 3.8) is 0 Å². The summed E-state index contributed by atoms with van der Waals surface area (Å²) in [6.45, 7) is 0.586. The number of carbonyl (C=O) groups is 1. The van der Waals surface area contributed by atoms with E-state index in [-0.39, 0.29) is 17.9 Å². The summed E-state index contributed by atoms with van der Waals surface area (Å²) in [7, 11) is 1.80. The molecule has 0 spiro atoms. The quantitative estimate of drug-likeness (QED) is 0.871. The summed E-state index contributed by atoms with van der Waals surface area (Å²) in [6, 6.07) is 7.61. The molecule has 1 fully saturated rings. The van der Waals surface area contributed by atoms with Gasteiger partial charge in [-0.2, -0.15) is 0 Å². The lowest BCUT2D eigenvalue weighted by Gasteiger charge is -2.17. The van der Waals surface area contributed by atoms with Gasteiger partial charge in [0.2, 0.25) is 5.91 Å². The van der Waals surface area contributed by atoms with E-state index in [4.69, 9.17) is 17.3 Å². The number of halogens is 1. The molecule has 2 unspecified atom stereocenters. The minimum Gasteiger partial charge on any atom is -0.341 e. The van der Waals surface area contributed by atoms with Crippen molar-refractivity contribution in [3.05, 3.63) is 34.9 Å². The van der Waals surface area contributed by atoms with Gasteiger partial charge < -0.3 is 10.6 Å². The van der Waals surface area contributed by atoms with Crippen LogP contribution in [0.3, 0.4) is 0 Å². The first-order chi connectivity index (χ1) is 7.58. The first kappa shape index (κ1) is 11.4. The number of hydrogen-bond acceptors (Lipinski definition) is 2. The molecule has 16 heavy (non-hydrogen) atoms. The minimum atomic E-state index is 0.0317. The fourth-order valence-corrected chi connectivity index (χ4v) is 1.98. The molecule has 2 N–H and O–H groups in total. The SMILES string of the molecule is CN(Cc1cccc(Cl)c1)C(=O)C1CC1N. The second kappa shape index (κ2) is 4.44. The van der Waals surface area contributed by atoms with E-state index in [0.29, 0.717) is 11.6 Å². The Hall–Kier alpha value is -1.06. The highest BCUT2D eigenvalue weighted by Gasteiger charge is 2.41. The number of benzene rings is 1. The molecule has 1 aromatic carbocycles. The smallest absolute Gasteiger partial charge is 0.227 e. The van der Waals surface area contributed by atoms with Gasteiger partial charge >= 0.3 is 0 Å². The van der Waals surface area contributed by atoms with Gasteiger partial charge in [-0.15, -0.1) is 0 Å². The van der Waals surface area contributed by atoms with Crippen molar-refractivity contribution < 1.29 is 4.79 Å². The minimum absolute atomic E-state index is 0.0317. The summed E-state index contributed by atoms with van der Waals surface area (Å²) in [5.74, 6) is 0.164. The Morgan fingerprint density at radius 3 is 2.88 bits per heavy atom. The Morgan fingerprint density at radius 2 is 2.31 bits per heavy atom. The molecule has 0 bridgehead atoms. The van der Waals surface area contributed by atoms with E-state index in [0.717, 1.165) is 12.0 Å². The molecule has 0 aliphatic heterocycles. The third-order valence-corrected chi connectivity index (χ3v) is 3.08. The number of carbonyl (C=O) groups excluding carboxylic acids is 1. The molecule has 2 atom stereocenters. The second-order valence-electron chi connectivity index (χ2n) is 4.33. The highest BCUT2D eigenvalue weighted by molar-refractivity contribution is 6.30. The van der Waals surface area contributed by atoms with E-state index >= 15 is 0 Å². The Balaban J connectivity index is 1.96. The third kappa shape index (κ3) is 2.54. The van der Waals surface area contributed by atoms with Crippen molar-refractivity contribution in [3.8, 4) is 0 Å². The highest BCUT2D eigenvalue weighted by atomic mass is 35.5. The summed E-state index contributed by atoms with van der Waals surface area (Å²) in [5.41, 5.74) is 6.69. The van der Waals surface area contributed by atoms with Crippen molar-refractivity contribution in [1.29, 1.82) is 0 Å². The van der Waals surface area contributed by atoms with Crippen molar-refractivity contribution >= 4 is 17.5 Å². The lowest BCUT2D eigenvalue weighted by atomic mass is 10.2. The van der Waals surface area contributed by atoms with Crippen molar-refractivity contribution in [2.75, 3.05) is 7.05 Å². The standard InChI is InChI=1S/C12H15ClN2O/c1-15(12(16)10-6-11(10)14)7-8-3-2-4-9(13)5-8/h2-5,10-11H,6-7,14H2,1H3. The van der Waals surface area contributed by atoms with Crippen LogP contribution < -0.4 is 5.73 Å². The molecule has 86 valence electrons. The van der Waals surface area contributed by atoms with Gasteiger partial charge in [0.1, 0.15) is 0 Å². The fraction of sp³-hybridized carbons (Fsp3) is 0.417. The first-order valence-electron chi connectivity index (χ1n) is 5.33. The van der Waals surface area contributed by atoms with Crippen LogP contribution in [-0.4, -0.2) is 23.9 Å². The monoisotopic (exact) mass is 238 g/mol. The molecular formula is C12H15ClN2O. The Morgan fingerprint density at radius 1 is 1.62 bits per heavy atom. The van der Waals surface area contributed by atoms with E-state index in [1.54, 1.807) is 11.9 Å². The zero-order chi connectivity index (χ0) is 11.7. The fourth-order valence-electron chi connectivity index (χ4n) is 1.77. The maximum absolute atomic E-state index is 11.8. The third-order valence-electron chi connectivity index (χ3n) is 2.84. The van der Waals surface area contributed by atoms with Crippen LogP contribution in [-0.2, 0) is 11.3 Å².